The summed E-state index contributed by atoms with van der Waals surface area (Å²) < 4.78 is 33.6. The van der Waals surface area contributed by atoms with E-state index >= 15 is 0 Å². The minimum absolute atomic E-state index is 0.00650. The Kier molecular flexibility index (Phi) is 5.69. The van der Waals surface area contributed by atoms with Crippen molar-refractivity contribution in [1.82, 2.24) is 5.32 Å². The lowest BCUT2D eigenvalue weighted by Gasteiger charge is -2.28. The summed E-state index contributed by atoms with van der Waals surface area (Å²) >= 11 is 0. The summed E-state index contributed by atoms with van der Waals surface area (Å²) in [5, 5.41) is 2.62. The van der Waals surface area contributed by atoms with E-state index in [9.17, 15) is 18.4 Å². The van der Waals surface area contributed by atoms with Crippen LogP contribution < -0.4 is 5.32 Å². The van der Waals surface area contributed by atoms with Crippen molar-refractivity contribution in [2.75, 3.05) is 0 Å². The molecule has 1 amide bonds. The van der Waals surface area contributed by atoms with Crippen molar-refractivity contribution in [3.63, 3.8) is 0 Å². The third-order valence-corrected chi connectivity index (χ3v) is 5.12. The van der Waals surface area contributed by atoms with E-state index in [1.54, 1.807) is 6.92 Å². The van der Waals surface area contributed by atoms with E-state index in [1.165, 1.54) is 12.1 Å². The molecule has 1 aliphatic carbocycles. The zero-order chi connectivity index (χ0) is 18.7. The van der Waals surface area contributed by atoms with E-state index in [0.29, 0.717) is 5.70 Å². The van der Waals surface area contributed by atoms with Gasteiger partial charge in [0, 0.05) is 18.0 Å². The summed E-state index contributed by atoms with van der Waals surface area (Å²) in [7, 11) is 0. The van der Waals surface area contributed by atoms with E-state index in [1.807, 2.05) is 0 Å². The van der Waals surface area contributed by atoms with Crippen LogP contribution in [0.3, 0.4) is 0 Å². The quantitative estimate of drug-likeness (QED) is 0.650. The number of carbonyl (C=O) groups is 2. The molecule has 1 N–H and O–H groups in total. The first-order valence-corrected chi connectivity index (χ1v) is 9.13. The van der Waals surface area contributed by atoms with E-state index in [-0.39, 0.29) is 29.6 Å². The van der Waals surface area contributed by atoms with Crippen molar-refractivity contribution in [2.45, 2.75) is 63.9 Å². The van der Waals surface area contributed by atoms with Gasteiger partial charge >= 0.3 is 5.97 Å². The molecule has 1 aliphatic heterocycles. The Hall–Kier alpha value is -2.24. The van der Waals surface area contributed by atoms with Crippen LogP contribution in [0.15, 0.2) is 29.5 Å². The van der Waals surface area contributed by atoms with Crippen molar-refractivity contribution in [3.8, 4) is 0 Å². The standard InChI is InChI=1S/C20H23F2NO3/c1-12-18(20(25)26-13-7-4-2-3-5-8-13)15(11-17(24)23-12)14-9-6-10-16(21)19(14)22/h6,9-10,13,15H,2-5,7-8,11H2,1H3,(H,23,24)/t15-/m0/s1. The second kappa shape index (κ2) is 7.98. The first-order valence-electron chi connectivity index (χ1n) is 9.13. The first-order chi connectivity index (χ1) is 12.5. The van der Waals surface area contributed by atoms with Crippen LogP contribution >= 0.6 is 0 Å². The van der Waals surface area contributed by atoms with E-state index in [0.717, 1.165) is 44.6 Å². The molecule has 0 aromatic heterocycles. The van der Waals surface area contributed by atoms with Gasteiger partial charge in [0.2, 0.25) is 5.91 Å². The van der Waals surface area contributed by atoms with E-state index < -0.39 is 23.5 Å². The highest BCUT2D eigenvalue weighted by Gasteiger charge is 2.35. The number of carbonyl (C=O) groups excluding carboxylic acids is 2. The molecule has 140 valence electrons. The van der Waals surface area contributed by atoms with E-state index in [2.05, 4.69) is 5.32 Å². The summed E-state index contributed by atoms with van der Waals surface area (Å²) in [6, 6.07) is 3.81. The fourth-order valence-electron chi connectivity index (χ4n) is 3.80. The van der Waals surface area contributed by atoms with Crippen LogP contribution in [0.5, 0.6) is 0 Å². The Labute approximate surface area is 151 Å². The summed E-state index contributed by atoms with van der Waals surface area (Å²) in [4.78, 5) is 24.8. The van der Waals surface area contributed by atoms with Crippen LogP contribution in [0.2, 0.25) is 0 Å². The van der Waals surface area contributed by atoms with Gasteiger partial charge < -0.3 is 10.1 Å². The number of esters is 1. The average molecular weight is 363 g/mol. The molecule has 1 fully saturated rings. The number of nitrogens with one attached hydrogen (secondary N) is 1. The third kappa shape index (κ3) is 3.94. The Balaban J connectivity index is 1.90. The number of halogens is 2. The molecule has 1 atom stereocenters. The molecule has 1 aromatic rings. The molecule has 2 aliphatic rings. The topological polar surface area (TPSA) is 55.4 Å². The minimum atomic E-state index is -1.03. The van der Waals surface area contributed by atoms with Crippen LogP contribution in [-0.4, -0.2) is 18.0 Å². The van der Waals surface area contributed by atoms with Gasteiger partial charge in [-0.1, -0.05) is 25.0 Å². The van der Waals surface area contributed by atoms with Crippen molar-refractivity contribution >= 4 is 11.9 Å². The zero-order valence-corrected chi connectivity index (χ0v) is 14.8. The average Bonchev–Trinajstić information content (AvgIpc) is 2.85. The molecule has 0 bridgehead atoms. The second-order valence-electron chi connectivity index (χ2n) is 7.01. The lowest BCUT2D eigenvalue weighted by Crippen LogP contribution is -2.35. The predicted octanol–water partition coefficient (Wildman–Crippen LogP) is 4.11. The first kappa shape index (κ1) is 18.5. The normalized spacial score (nSPS) is 22.0. The highest BCUT2D eigenvalue weighted by atomic mass is 19.2. The SMILES string of the molecule is CC1=C(C(=O)OC2CCCCCC2)[C@H](c2cccc(F)c2F)CC(=O)N1. The maximum Gasteiger partial charge on any atom is 0.336 e. The van der Waals surface area contributed by atoms with Gasteiger partial charge in [-0.25, -0.2) is 13.6 Å². The summed E-state index contributed by atoms with van der Waals surface area (Å²) in [5.41, 5.74) is 0.555. The van der Waals surface area contributed by atoms with Crippen LogP contribution in [0.25, 0.3) is 0 Å². The molecular weight excluding hydrogens is 340 g/mol. The van der Waals surface area contributed by atoms with Gasteiger partial charge in [0.15, 0.2) is 11.6 Å². The number of hydrogen-bond donors (Lipinski definition) is 1. The molecule has 0 spiro atoms. The number of amides is 1. The smallest absolute Gasteiger partial charge is 0.336 e. The summed E-state index contributed by atoms with van der Waals surface area (Å²) in [5.74, 6) is -3.76. The lowest BCUT2D eigenvalue weighted by atomic mass is 9.84. The summed E-state index contributed by atoms with van der Waals surface area (Å²) in [6.07, 6.45) is 5.61. The molecule has 26 heavy (non-hydrogen) atoms. The van der Waals surface area contributed by atoms with Gasteiger partial charge in [-0.2, -0.15) is 0 Å². The molecule has 3 rings (SSSR count). The van der Waals surface area contributed by atoms with Gasteiger partial charge in [-0.05, 0) is 44.2 Å². The number of ether oxygens (including phenoxy) is 1. The molecule has 6 heteroatoms. The Morgan fingerprint density at radius 1 is 1.15 bits per heavy atom. The molecular formula is C20H23F2NO3. The number of hydrogen-bond acceptors (Lipinski definition) is 3. The highest BCUT2D eigenvalue weighted by Crippen LogP contribution is 2.36. The molecule has 4 nitrogen and oxygen atoms in total. The van der Waals surface area contributed by atoms with Crippen molar-refractivity contribution in [3.05, 3.63) is 46.7 Å². The van der Waals surface area contributed by atoms with Crippen LogP contribution in [-0.2, 0) is 14.3 Å². The van der Waals surface area contributed by atoms with Crippen molar-refractivity contribution in [1.29, 1.82) is 0 Å². The van der Waals surface area contributed by atoms with Gasteiger partial charge in [0.1, 0.15) is 6.10 Å². The zero-order valence-electron chi connectivity index (χ0n) is 14.8. The second-order valence-corrected chi connectivity index (χ2v) is 7.01. The Morgan fingerprint density at radius 3 is 2.54 bits per heavy atom. The molecule has 1 aromatic carbocycles. The van der Waals surface area contributed by atoms with Crippen molar-refractivity contribution < 1.29 is 23.1 Å². The fourth-order valence-corrected chi connectivity index (χ4v) is 3.80. The molecule has 0 radical (unpaired) electrons. The number of rotatable bonds is 3. The Morgan fingerprint density at radius 2 is 1.85 bits per heavy atom. The predicted molar refractivity (Wildman–Crippen MR) is 92.1 cm³/mol. The van der Waals surface area contributed by atoms with E-state index in [4.69, 9.17) is 4.74 Å². The number of allylic oxidation sites excluding steroid dienone is 1. The maximum absolute atomic E-state index is 14.3. The largest absolute Gasteiger partial charge is 0.459 e. The monoisotopic (exact) mass is 363 g/mol. The molecule has 1 heterocycles. The maximum atomic E-state index is 14.3. The minimum Gasteiger partial charge on any atom is -0.459 e. The van der Waals surface area contributed by atoms with Crippen LogP contribution in [0.1, 0.15) is 63.4 Å². The lowest BCUT2D eigenvalue weighted by molar-refractivity contribution is -0.145. The molecule has 0 saturated heterocycles. The van der Waals surface area contributed by atoms with Crippen LogP contribution in [0.4, 0.5) is 8.78 Å². The third-order valence-electron chi connectivity index (χ3n) is 5.12. The fraction of sp³-hybridized carbons (Fsp3) is 0.500. The number of benzene rings is 1. The van der Waals surface area contributed by atoms with Crippen molar-refractivity contribution in [2.24, 2.45) is 0 Å². The van der Waals surface area contributed by atoms with Gasteiger partial charge in [0.05, 0.1) is 5.57 Å². The van der Waals surface area contributed by atoms with Gasteiger partial charge in [-0.15, -0.1) is 0 Å². The molecule has 0 unspecified atom stereocenters. The van der Waals surface area contributed by atoms with Crippen LogP contribution in [0, 0.1) is 11.6 Å². The van der Waals surface area contributed by atoms with Gasteiger partial charge in [-0.3, -0.25) is 4.79 Å². The Bertz CT molecular complexity index is 737. The molecule has 1 saturated carbocycles. The summed E-state index contributed by atoms with van der Waals surface area (Å²) in [6.45, 7) is 1.59. The van der Waals surface area contributed by atoms with Gasteiger partial charge in [0.25, 0.3) is 0 Å². The highest BCUT2D eigenvalue weighted by molar-refractivity contribution is 5.95.